The second kappa shape index (κ2) is 5.63. The molecule has 2 rings (SSSR count). The fourth-order valence-electron chi connectivity index (χ4n) is 1.87. The van der Waals surface area contributed by atoms with E-state index < -0.39 is 17.3 Å². The van der Waals surface area contributed by atoms with Crippen molar-refractivity contribution in [1.82, 2.24) is 0 Å². The number of para-hydroxylation sites is 1. The van der Waals surface area contributed by atoms with Crippen LogP contribution in [-0.2, 0) is 10.3 Å². The van der Waals surface area contributed by atoms with Gasteiger partial charge >= 0.3 is 5.97 Å². The van der Waals surface area contributed by atoms with E-state index in [-0.39, 0.29) is 4.47 Å². The van der Waals surface area contributed by atoms with Crippen LogP contribution in [0.25, 0.3) is 0 Å². The summed E-state index contributed by atoms with van der Waals surface area (Å²) in [4.78, 5) is 11.7. The highest BCUT2D eigenvalue weighted by Gasteiger charge is 2.35. The molecule has 2 aromatic carbocycles. The van der Waals surface area contributed by atoms with Crippen LogP contribution in [-0.4, -0.2) is 11.1 Å². The van der Waals surface area contributed by atoms with Gasteiger partial charge in [-0.15, -0.1) is 0 Å². The Morgan fingerprint density at radius 3 is 2.45 bits per heavy atom. The van der Waals surface area contributed by atoms with Crippen molar-refractivity contribution in [3.05, 3.63) is 64.4 Å². The largest absolute Gasteiger partial charge is 0.479 e. The van der Waals surface area contributed by atoms with Gasteiger partial charge in [-0.05, 0) is 52.7 Å². The molecule has 0 bridgehead atoms. The second-order valence-corrected chi connectivity index (χ2v) is 5.40. The number of hydrogen-bond donors (Lipinski definition) is 2. The van der Waals surface area contributed by atoms with Gasteiger partial charge < -0.3 is 10.4 Å². The van der Waals surface area contributed by atoms with Gasteiger partial charge in [0.15, 0.2) is 5.54 Å². The van der Waals surface area contributed by atoms with Gasteiger partial charge in [0.25, 0.3) is 0 Å². The third-order valence-corrected chi connectivity index (χ3v) is 3.70. The summed E-state index contributed by atoms with van der Waals surface area (Å²) in [6.07, 6.45) is 0. The van der Waals surface area contributed by atoms with Crippen LogP contribution in [0.15, 0.2) is 53.0 Å². The summed E-state index contributed by atoms with van der Waals surface area (Å²) in [5.41, 5.74) is -0.211. The Balaban J connectivity index is 2.43. The Labute approximate surface area is 124 Å². The summed E-state index contributed by atoms with van der Waals surface area (Å²) >= 11 is 3.08. The molecule has 1 atom stereocenters. The van der Waals surface area contributed by atoms with E-state index in [2.05, 4.69) is 21.2 Å². The van der Waals surface area contributed by atoms with Crippen molar-refractivity contribution in [2.75, 3.05) is 5.32 Å². The average molecular weight is 338 g/mol. The summed E-state index contributed by atoms with van der Waals surface area (Å²) in [6.45, 7) is 1.54. The molecule has 20 heavy (non-hydrogen) atoms. The number of carbonyl (C=O) groups is 1. The Hall–Kier alpha value is -1.88. The van der Waals surface area contributed by atoms with Gasteiger partial charge in [0.1, 0.15) is 5.82 Å². The Morgan fingerprint density at radius 1 is 1.25 bits per heavy atom. The van der Waals surface area contributed by atoms with E-state index in [1.165, 1.54) is 18.2 Å². The first-order chi connectivity index (χ1) is 9.43. The maximum Gasteiger partial charge on any atom is 0.333 e. The lowest BCUT2D eigenvalue weighted by molar-refractivity contribution is -0.142. The monoisotopic (exact) mass is 337 g/mol. The van der Waals surface area contributed by atoms with Crippen molar-refractivity contribution in [1.29, 1.82) is 0 Å². The molecule has 0 aliphatic heterocycles. The van der Waals surface area contributed by atoms with Gasteiger partial charge in [-0.3, -0.25) is 0 Å². The lowest BCUT2D eigenvalue weighted by Gasteiger charge is -2.28. The maximum atomic E-state index is 13.3. The third-order valence-electron chi connectivity index (χ3n) is 3.09. The second-order valence-electron chi connectivity index (χ2n) is 4.55. The maximum absolute atomic E-state index is 13.3. The normalized spacial score (nSPS) is 13.6. The lowest BCUT2D eigenvalue weighted by atomic mass is 9.91. The van der Waals surface area contributed by atoms with Gasteiger partial charge in [0, 0.05) is 5.69 Å². The molecule has 0 heterocycles. The SMILES string of the molecule is CC(Nc1ccccc1)(C(=O)O)c1ccc(F)c(Br)c1. The highest BCUT2D eigenvalue weighted by atomic mass is 79.9. The van der Waals surface area contributed by atoms with E-state index >= 15 is 0 Å². The molecule has 0 aromatic heterocycles. The third kappa shape index (κ3) is 2.82. The Bertz CT molecular complexity index is 633. The zero-order chi connectivity index (χ0) is 14.8. The number of hydrogen-bond acceptors (Lipinski definition) is 2. The number of anilines is 1. The number of benzene rings is 2. The molecule has 0 aliphatic rings. The van der Waals surface area contributed by atoms with Crippen LogP contribution < -0.4 is 5.32 Å². The van der Waals surface area contributed by atoms with Gasteiger partial charge in [0.05, 0.1) is 4.47 Å². The van der Waals surface area contributed by atoms with Gasteiger partial charge in [0.2, 0.25) is 0 Å². The first-order valence-electron chi connectivity index (χ1n) is 5.95. The van der Waals surface area contributed by atoms with Crippen molar-refractivity contribution in [2.24, 2.45) is 0 Å². The molecule has 0 radical (unpaired) electrons. The fourth-order valence-corrected chi connectivity index (χ4v) is 2.25. The molecule has 0 amide bonds. The van der Waals surface area contributed by atoms with Crippen molar-refractivity contribution in [3.63, 3.8) is 0 Å². The number of aliphatic carboxylic acids is 1. The van der Waals surface area contributed by atoms with Crippen molar-refractivity contribution < 1.29 is 14.3 Å². The number of halogens is 2. The van der Waals surface area contributed by atoms with E-state index in [1.54, 1.807) is 19.1 Å². The molecular weight excluding hydrogens is 325 g/mol. The smallest absolute Gasteiger partial charge is 0.333 e. The van der Waals surface area contributed by atoms with E-state index in [1.807, 2.05) is 18.2 Å². The Morgan fingerprint density at radius 2 is 1.90 bits per heavy atom. The predicted octanol–water partition coefficient (Wildman–Crippen LogP) is 4.00. The molecule has 0 saturated heterocycles. The molecule has 104 valence electrons. The van der Waals surface area contributed by atoms with Crippen LogP contribution in [0.3, 0.4) is 0 Å². The molecule has 3 nitrogen and oxygen atoms in total. The zero-order valence-electron chi connectivity index (χ0n) is 10.7. The van der Waals surface area contributed by atoms with Crippen molar-refractivity contribution in [3.8, 4) is 0 Å². The molecule has 0 aliphatic carbocycles. The van der Waals surface area contributed by atoms with E-state index in [9.17, 15) is 14.3 Å². The molecule has 0 spiro atoms. The van der Waals surface area contributed by atoms with Crippen molar-refractivity contribution in [2.45, 2.75) is 12.5 Å². The zero-order valence-corrected chi connectivity index (χ0v) is 12.3. The minimum Gasteiger partial charge on any atom is -0.479 e. The van der Waals surface area contributed by atoms with E-state index in [0.717, 1.165) is 0 Å². The summed E-state index contributed by atoms with van der Waals surface area (Å²) in [5, 5.41) is 12.5. The van der Waals surface area contributed by atoms with Crippen LogP contribution in [0.4, 0.5) is 10.1 Å². The number of nitrogens with one attached hydrogen (secondary N) is 1. The van der Waals surface area contributed by atoms with E-state index in [0.29, 0.717) is 11.3 Å². The minimum absolute atomic E-state index is 0.234. The average Bonchev–Trinajstić information content (AvgIpc) is 2.42. The van der Waals surface area contributed by atoms with Gasteiger partial charge in [-0.2, -0.15) is 0 Å². The summed E-state index contributed by atoms with van der Waals surface area (Å²) < 4.78 is 13.5. The molecular formula is C15H13BrFNO2. The topological polar surface area (TPSA) is 49.3 Å². The quantitative estimate of drug-likeness (QED) is 0.886. The van der Waals surface area contributed by atoms with Gasteiger partial charge in [-0.25, -0.2) is 9.18 Å². The fraction of sp³-hybridized carbons (Fsp3) is 0.133. The van der Waals surface area contributed by atoms with Crippen LogP contribution in [0.1, 0.15) is 12.5 Å². The summed E-state index contributed by atoms with van der Waals surface area (Å²) in [7, 11) is 0. The molecule has 2 aromatic rings. The van der Waals surface area contributed by atoms with Crippen molar-refractivity contribution >= 4 is 27.6 Å². The van der Waals surface area contributed by atoms with E-state index in [4.69, 9.17) is 0 Å². The predicted molar refractivity (Wildman–Crippen MR) is 79.2 cm³/mol. The number of carboxylic acid groups (broad SMARTS) is 1. The minimum atomic E-state index is -1.35. The first-order valence-corrected chi connectivity index (χ1v) is 6.75. The van der Waals surface area contributed by atoms with Crippen LogP contribution in [0.5, 0.6) is 0 Å². The number of rotatable bonds is 4. The van der Waals surface area contributed by atoms with Crippen LogP contribution >= 0.6 is 15.9 Å². The van der Waals surface area contributed by atoms with Crippen LogP contribution in [0.2, 0.25) is 0 Å². The molecule has 1 unspecified atom stereocenters. The lowest BCUT2D eigenvalue weighted by Crippen LogP contribution is -2.40. The van der Waals surface area contributed by atoms with Gasteiger partial charge in [-0.1, -0.05) is 24.3 Å². The molecule has 5 heteroatoms. The standard InChI is InChI=1S/C15H13BrFNO2/c1-15(14(19)20,18-11-5-3-2-4-6-11)10-7-8-13(17)12(16)9-10/h2-9,18H,1H3,(H,19,20). The first kappa shape index (κ1) is 14.5. The summed E-state index contributed by atoms with van der Waals surface area (Å²) in [6, 6.07) is 13.2. The molecule has 0 saturated carbocycles. The number of carboxylic acids is 1. The molecule has 0 fully saturated rings. The molecule has 2 N–H and O–H groups in total. The Kier molecular flexibility index (Phi) is 4.09. The highest BCUT2D eigenvalue weighted by molar-refractivity contribution is 9.10. The van der Waals surface area contributed by atoms with Crippen LogP contribution in [0, 0.1) is 5.82 Å². The summed E-state index contributed by atoms with van der Waals surface area (Å²) in [5.74, 6) is -1.47. The highest BCUT2D eigenvalue weighted by Crippen LogP contribution is 2.29.